The van der Waals surface area contributed by atoms with Crippen LogP contribution in [0.3, 0.4) is 0 Å². The highest BCUT2D eigenvalue weighted by molar-refractivity contribution is 6.27. The molecule has 0 aromatic heterocycles. The van der Waals surface area contributed by atoms with Crippen LogP contribution in [0, 0.1) is 0 Å². The van der Waals surface area contributed by atoms with Crippen molar-refractivity contribution in [3.8, 4) is 0 Å². The number of halogens is 2. The molecule has 0 saturated carbocycles. The van der Waals surface area contributed by atoms with E-state index >= 15 is 0 Å². The highest BCUT2D eigenvalue weighted by Crippen LogP contribution is 2.06. The summed E-state index contributed by atoms with van der Waals surface area (Å²) in [6, 6.07) is 0. The summed E-state index contributed by atoms with van der Waals surface area (Å²) >= 11 is 10.5. The molecule has 0 spiro atoms. The summed E-state index contributed by atoms with van der Waals surface area (Å²) < 4.78 is 1.09. The lowest BCUT2D eigenvalue weighted by Gasteiger charge is -2.29. The molecule has 0 bridgehead atoms. The van der Waals surface area contributed by atoms with E-state index in [0.717, 1.165) is 17.4 Å². The average molecular weight is 316 g/mol. The van der Waals surface area contributed by atoms with E-state index in [1.165, 1.54) is 32.2 Å². The Kier molecular flexibility index (Phi) is 17.0. The summed E-state index contributed by atoms with van der Waals surface area (Å²) in [6.45, 7) is 7.21. The Balaban J connectivity index is 0. The molecule has 118 valence electrons. The number of nitrogens with zero attached hydrogens (tertiary/aromatic N) is 1. The molecule has 0 aliphatic carbocycles. The number of unbranched alkanes of at least 4 members (excludes halogenated alkanes) is 3. The third-order valence-corrected chi connectivity index (χ3v) is 3.63. The third-order valence-electron chi connectivity index (χ3n) is 2.86. The fourth-order valence-corrected chi connectivity index (χ4v) is 1.65. The molecule has 5 heteroatoms. The molecular weight excluding hydrogens is 283 g/mol. The van der Waals surface area contributed by atoms with Gasteiger partial charge in [0.1, 0.15) is 0 Å². The highest BCUT2D eigenvalue weighted by Gasteiger charge is 2.13. The summed E-state index contributed by atoms with van der Waals surface area (Å²) in [5, 5.41) is 0.122. The first-order valence-electron chi connectivity index (χ1n) is 7.23. The van der Waals surface area contributed by atoms with E-state index in [2.05, 4.69) is 25.9 Å². The summed E-state index contributed by atoms with van der Waals surface area (Å²) in [6.07, 6.45) is 6.44. The normalized spacial score (nSPS) is 12.8. The molecule has 19 heavy (non-hydrogen) atoms. The second kappa shape index (κ2) is 14.9. The predicted octanol–water partition coefficient (Wildman–Crippen LogP) is 3.78. The molecule has 0 aromatic rings. The van der Waals surface area contributed by atoms with Gasteiger partial charge in [-0.1, -0.05) is 19.8 Å². The number of rotatable bonds is 10. The van der Waals surface area contributed by atoms with Gasteiger partial charge in [-0.3, -0.25) is 0 Å². The van der Waals surface area contributed by atoms with Crippen LogP contribution < -0.4 is 5.90 Å². The quantitative estimate of drug-likeness (QED) is 0.288. The zero-order valence-electron chi connectivity index (χ0n) is 13.1. The van der Waals surface area contributed by atoms with Gasteiger partial charge in [-0.2, -0.15) is 0 Å². The van der Waals surface area contributed by atoms with E-state index in [-0.39, 0.29) is 5.38 Å². The van der Waals surface area contributed by atoms with Gasteiger partial charge in [0.15, 0.2) is 0 Å². The Bertz CT molecular complexity index is 179. The standard InChI is InChI=1S/C11H27N2O.C3H6Cl2/c1-4-5-6-7-9-13(2,3)10-8-11-14-12;1-3(5)2-4/h4-12H2,1-3H3;3H,2H2,1H3/q+1;. The van der Waals surface area contributed by atoms with Crippen molar-refractivity contribution < 1.29 is 9.32 Å². The topological polar surface area (TPSA) is 35.2 Å². The first-order valence-corrected chi connectivity index (χ1v) is 8.20. The number of alkyl halides is 2. The van der Waals surface area contributed by atoms with Gasteiger partial charge in [-0.25, -0.2) is 5.90 Å². The Labute approximate surface area is 129 Å². The molecule has 1 unspecified atom stereocenters. The molecule has 0 aliphatic heterocycles. The second-order valence-electron chi connectivity index (χ2n) is 5.60. The van der Waals surface area contributed by atoms with Crippen LogP contribution in [0.4, 0.5) is 0 Å². The lowest BCUT2D eigenvalue weighted by atomic mass is 10.2. The van der Waals surface area contributed by atoms with E-state index in [9.17, 15) is 0 Å². The molecule has 0 amide bonds. The maximum atomic E-state index is 5.33. The maximum absolute atomic E-state index is 5.33. The number of quaternary nitrogens is 1. The average Bonchev–Trinajstić information content (AvgIpc) is 2.35. The van der Waals surface area contributed by atoms with Crippen molar-refractivity contribution in [1.82, 2.24) is 0 Å². The van der Waals surface area contributed by atoms with Gasteiger partial charge >= 0.3 is 0 Å². The summed E-state index contributed by atoms with van der Waals surface area (Å²) in [5.74, 6) is 5.53. The molecule has 3 nitrogen and oxygen atoms in total. The van der Waals surface area contributed by atoms with Gasteiger partial charge in [0, 0.05) is 17.7 Å². The lowest BCUT2D eigenvalue weighted by Crippen LogP contribution is -2.41. The second-order valence-corrected chi connectivity index (χ2v) is 6.66. The number of hydrogen-bond donors (Lipinski definition) is 1. The van der Waals surface area contributed by atoms with Crippen LogP contribution in [0.5, 0.6) is 0 Å². The third kappa shape index (κ3) is 20.9. The van der Waals surface area contributed by atoms with E-state index < -0.39 is 0 Å². The molecule has 0 fully saturated rings. The van der Waals surface area contributed by atoms with E-state index in [4.69, 9.17) is 29.1 Å². The minimum absolute atomic E-state index is 0.122. The van der Waals surface area contributed by atoms with Gasteiger partial charge in [0.05, 0.1) is 33.8 Å². The van der Waals surface area contributed by atoms with Gasteiger partial charge < -0.3 is 9.32 Å². The van der Waals surface area contributed by atoms with Crippen LogP contribution in [0.2, 0.25) is 0 Å². The van der Waals surface area contributed by atoms with Crippen LogP contribution >= 0.6 is 23.2 Å². The Hall–Kier alpha value is 0.460. The Morgan fingerprint density at radius 2 is 1.63 bits per heavy atom. The van der Waals surface area contributed by atoms with E-state index in [1.807, 2.05) is 6.92 Å². The number of nitrogens with two attached hydrogens (primary N) is 1. The Morgan fingerprint density at radius 1 is 1.11 bits per heavy atom. The molecule has 2 N–H and O–H groups in total. The van der Waals surface area contributed by atoms with Crippen molar-refractivity contribution in [2.24, 2.45) is 5.90 Å². The zero-order valence-corrected chi connectivity index (χ0v) is 14.6. The van der Waals surface area contributed by atoms with Gasteiger partial charge in [-0.05, 0) is 19.8 Å². The fraction of sp³-hybridized carbons (Fsp3) is 1.00. The maximum Gasteiger partial charge on any atom is 0.0805 e. The molecule has 0 aromatic carbocycles. The van der Waals surface area contributed by atoms with Gasteiger partial charge in [-0.15, -0.1) is 23.2 Å². The molecule has 0 rings (SSSR count). The Morgan fingerprint density at radius 3 is 2.05 bits per heavy atom. The first-order chi connectivity index (χ1) is 8.89. The van der Waals surface area contributed by atoms with Gasteiger partial charge in [0.2, 0.25) is 0 Å². The van der Waals surface area contributed by atoms with Crippen LogP contribution in [0.15, 0.2) is 0 Å². The largest absolute Gasteiger partial charge is 0.328 e. The van der Waals surface area contributed by atoms with Crippen LogP contribution in [0.25, 0.3) is 0 Å². The lowest BCUT2D eigenvalue weighted by molar-refractivity contribution is -0.890. The molecule has 0 radical (unpaired) electrons. The minimum Gasteiger partial charge on any atom is -0.328 e. The van der Waals surface area contributed by atoms with Crippen molar-refractivity contribution >= 4 is 23.2 Å². The smallest absolute Gasteiger partial charge is 0.0805 e. The molecule has 0 saturated heterocycles. The van der Waals surface area contributed by atoms with Gasteiger partial charge in [0.25, 0.3) is 0 Å². The summed E-state index contributed by atoms with van der Waals surface area (Å²) in [5.41, 5.74) is 0. The predicted molar refractivity (Wildman–Crippen MR) is 86.8 cm³/mol. The van der Waals surface area contributed by atoms with E-state index in [0.29, 0.717) is 12.5 Å². The summed E-state index contributed by atoms with van der Waals surface area (Å²) in [7, 11) is 4.56. The van der Waals surface area contributed by atoms with Crippen molar-refractivity contribution in [2.75, 3.05) is 39.7 Å². The van der Waals surface area contributed by atoms with Crippen LogP contribution in [-0.2, 0) is 4.84 Å². The summed E-state index contributed by atoms with van der Waals surface area (Å²) in [4.78, 5) is 4.57. The van der Waals surface area contributed by atoms with Crippen LogP contribution in [0.1, 0.15) is 46.0 Å². The van der Waals surface area contributed by atoms with Crippen molar-refractivity contribution in [1.29, 1.82) is 0 Å². The minimum atomic E-state index is 0.122. The highest BCUT2D eigenvalue weighted by atomic mass is 35.5. The zero-order chi connectivity index (χ0) is 15.1. The SMILES string of the molecule is CC(Cl)CCl.CCCCCC[N+](C)(C)CCCON. The fourth-order valence-electron chi connectivity index (χ4n) is 1.65. The first kappa shape index (κ1) is 21.8. The van der Waals surface area contributed by atoms with Crippen molar-refractivity contribution in [2.45, 2.75) is 51.3 Å². The van der Waals surface area contributed by atoms with Crippen molar-refractivity contribution in [3.05, 3.63) is 0 Å². The molecular formula is C14H33Cl2N2O+. The molecule has 1 atom stereocenters. The monoisotopic (exact) mass is 315 g/mol. The molecule has 0 heterocycles. The number of hydrogen-bond acceptors (Lipinski definition) is 2. The van der Waals surface area contributed by atoms with E-state index in [1.54, 1.807) is 0 Å². The van der Waals surface area contributed by atoms with Crippen molar-refractivity contribution in [3.63, 3.8) is 0 Å². The van der Waals surface area contributed by atoms with Crippen LogP contribution in [-0.4, -0.2) is 49.5 Å². The molecule has 0 aliphatic rings.